The average Bonchev–Trinajstić information content (AvgIpc) is 2.41. The summed E-state index contributed by atoms with van der Waals surface area (Å²) < 4.78 is 41.3. The molecule has 0 radical (unpaired) electrons. The first-order valence-corrected chi connectivity index (χ1v) is 9.92. The number of ether oxygens (including phenoxy) is 2. The van der Waals surface area contributed by atoms with Crippen LogP contribution in [0.3, 0.4) is 0 Å². The number of carbonyl (C=O) groups excluding carboxylic acids is 1. The first-order chi connectivity index (χ1) is 11.4. The van der Waals surface area contributed by atoms with Gasteiger partial charge in [-0.2, -0.15) is 8.42 Å². The van der Waals surface area contributed by atoms with Gasteiger partial charge in [-0.15, -0.1) is 0 Å². The Morgan fingerprint density at radius 1 is 1.32 bits per heavy atom. The van der Waals surface area contributed by atoms with E-state index in [4.69, 9.17) is 14.0 Å². The predicted molar refractivity (Wildman–Crippen MR) is 89.4 cm³/mol. The van der Waals surface area contributed by atoms with Crippen LogP contribution in [0.25, 0.3) is 0 Å². The van der Waals surface area contributed by atoms with Crippen LogP contribution in [0.5, 0.6) is 0 Å². The van der Waals surface area contributed by atoms with Crippen molar-refractivity contribution in [2.45, 2.75) is 76.7 Å². The molecule has 0 spiro atoms. The van der Waals surface area contributed by atoms with Crippen molar-refractivity contribution in [3.05, 3.63) is 0 Å². The lowest BCUT2D eigenvalue weighted by Gasteiger charge is -2.42. The molecule has 4 atom stereocenters. The fourth-order valence-electron chi connectivity index (χ4n) is 2.76. The van der Waals surface area contributed by atoms with Gasteiger partial charge in [0.1, 0.15) is 0 Å². The summed E-state index contributed by atoms with van der Waals surface area (Å²) in [5.41, 5.74) is 0. The molecule has 4 N–H and O–H groups in total. The largest absolute Gasteiger partial charge is 0.393 e. The summed E-state index contributed by atoms with van der Waals surface area (Å²) in [6.07, 6.45) is -1.26. The number of hydrogen-bond acceptors (Lipinski definition) is 7. The Kier molecular flexibility index (Phi) is 8.23. The highest BCUT2D eigenvalue weighted by Gasteiger charge is 2.38. The van der Waals surface area contributed by atoms with Crippen molar-refractivity contribution in [2.24, 2.45) is 0 Å². The molecule has 0 aromatic heterocycles. The molecule has 1 aliphatic heterocycles. The van der Waals surface area contributed by atoms with Crippen LogP contribution in [0.4, 0.5) is 0 Å². The molecule has 0 aliphatic carbocycles. The van der Waals surface area contributed by atoms with Crippen LogP contribution in [0.2, 0.25) is 0 Å². The molecule has 0 aromatic carbocycles. The van der Waals surface area contributed by atoms with Gasteiger partial charge in [-0.05, 0) is 27.2 Å². The van der Waals surface area contributed by atoms with E-state index in [1.807, 2.05) is 0 Å². The summed E-state index contributed by atoms with van der Waals surface area (Å²) in [6.45, 7) is 4.86. The van der Waals surface area contributed by atoms with Crippen LogP contribution in [0.15, 0.2) is 0 Å². The van der Waals surface area contributed by atoms with Crippen LogP contribution in [-0.4, -0.2) is 71.6 Å². The van der Waals surface area contributed by atoms with Gasteiger partial charge in [0.2, 0.25) is 5.91 Å². The van der Waals surface area contributed by atoms with Crippen LogP contribution in [0.1, 0.15) is 46.5 Å². The van der Waals surface area contributed by atoms with E-state index in [0.29, 0.717) is 12.8 Å². The second-order valence-electron chi connectivity index (χ2n) is 6.86. The Hall–Kier alpha value is -0.780. The number of carbonyl (C=O) groups is 1. The van der Waals surface area contributed by atoms with Gasteiger partial charge < -0.3 is 25.0 Å². The topological polar surface area (TPSA) is 142 Å². The van der Waals surface area contributed by atoms with Crippen LogP contribution < -0.4 is 5.32 Å². The number of amides is 1. The van der Waals surface area contributed by atoms with Gasteiger partial charge in [0.05, 0.1) is 30.2 Å². The van der Waals surface area contributed by atoms with E-state index in [1.165, 1.54) is 0 Å². The van der Waals surface area contributed by atoms with E-state index in [-0.39, 0.29) is 31.4 Å². The van der Waals surface area contributed by atoms with Crippen LogP contribution in [0, 0.1) is 0 Å². The zero-order chi connectivity index (χ0) is 19.3. The third-order valence-electron chi connectivity index (χ3n) is 3.77. The Morgan fingerprint density at radius 2 is 1.96 bits per heavy atom. The monoisotopic (exact) mass is 383 g/mol. The zero-order valence-electron chi connectivity index (χ0n) is 14.8. The number of nitrogens with one attached hydrogen (secondary N) is 1. The summed E-state index contributed by atoms with van der Waals surface area (Å²) in [5, 5.41) is 22.0. The Labute approximate surface area is 148 Å². The van der Waals surface area contributed by atoms with E-state index < -0.39 is 40.0 Å². The number of hydrogen-bond donors (Lipinski definition) is 4. The lowest BCUT2D eigenvalue weighted by molar-refractivity contribution is -0.314. The van der Waals surface area contributed by atoms with Crippen LogP contribution in [-0.2, 0) is 24.4 Å². The van der Waals surface area contributed by atoms with Crippen molar-refractivity contribution in [1.29, 1.82) is 0 Å². The third-order valence-corrected chi connectivity index (χ3v) is 4.49. The second-order valence-corrected chi connectivity index (χ2v) is 8.43. The number of aliphatic hydroxyl groups excluding tert-OH is 2. The lowest BCUT2D eigenvalue weighted by Crippen LogP contribution is -2.49. The molecule has 25 heavy (non-hydrogen) atoms. The van der Waals surface area contributed by atoms with Crippen LogP contribution >= 0.6 is 0 Å². The maximum atomic E-state index is 11.7. The smallest absolute Gasteiger partial charge is 0.266 e. The SMILES string of the molecule is CC(O)CC(O)[C@@H]1C[C@H](CCC(=O)NCCS(=O)(=O)O)OC(C)(C)O1. The molecule has 1 saturated heterocycles. The highest BCUT2D eigenvalue weighted by molar-refractivity contribution is 7.85. The number of rotatable bonds is 9. The molecule has 148 valence electrons. The minimum Gasteiger partial charge on any atom is -0.393 e. The predicted octanol–water partition coefficient (Wildman–Crippen LogP) is -0.187. The van der Waals surface area contributed by atoms with E-state index in [2.05, 4.69) is 5.32 Å². The second kappa shape index (κ2) is 9.24. The average molecular weight is 383 g/mol. The molecule has 0 aromatic rings. The van der Waals surface area contributed by atoms with Gasteiger partial charge in [-0.25, -0.2) is 0 Å². The van der Waals surface area contributed by atoms with E-state index >= 15 is 0 Å². The van der Waals surface area contributed by atoms with Crippen molar-refractivity contribution < 1.29 is 37.5 Å². The Balaban J connectivity index is 2.47. The van der Waals surface area contributed by atoms with Gasteiger partial charge in [-0.3, -0.25) is 9.35 Å². The summed E-state index contributed by atoms with van der Waals surface area (Å²) in [7, 11) is -4.10. The third kappa shape index (κ3) is 9.47. The fraction of sp³-hybridized carbons (Fsp3) is 0.933. The minimum absolute atomic E-state index is 0.117. The van der Waals surface area contributed by atoms with Crippen molar-refractivity contribution in [1.82, 2.24) is 5.32 Å². The zero-order valence-corrected chi connectivity index (χ0v) is 15.7. The molecule has 9 nitrogen and oxygen atoms in total. The molecule has 1 amide bonds. The fourth-order valence-corrected chi connectivity index (χ4v) is 3.12. The van der Waals surface area contributed by atoms with Crippen molar-refractivity contribution >= 4 is 16.0 Å². The molecule has 0 bridgehead atoms. The molecule has 10 heteroatoms. The molecule has 2 unspecified atom stereocenters. The van der Waals surface area contributed by atoms with Crippen molar-refractivity contribution in [3.8, 4) is 0 Å². The number of aliphatic hydroxyl groups is 2. The summed E-state index contributed by atoms with van der Waals surface area (Å²) in [6, 6.07) is 0. The van der Waals surface area contributed by atoms with Crippen molar-refractivity contribution in [3.63, 3.8) is 0 Å². The highest BCUT2D eigenvalue weighted by Crippen LogP contribution is 2.31. The maximum absolute atomic E-state index is 11.7. The molecule has 1 rings (SSSR count). The molecule has 1 aliphatic rings. The molecular formula is C15H29NO8S. The molecule has 1 fully saturated rings. The van der Waals surface area contributed by atoms with Gasteiger partial charge in [0, 0.05) is 25.8 Å². The van der Waals surface area contributed by atoms with Crippen molar-refractivity contribution in [2.75, 3.05) is 12.3 Å². The minimum atomic E-state index is -4.10. The van der Waals surface area contributed by atoms with Gasteiger partial charge in [0.15, 0.2) is 5.79 Å². The molecular weight excluding hydrogens is 354 g/mol. The first-order valence-electron chi connectivity index (χ1n) is 8.31. The Morgan fingerprint density at radius 3 is 2.52 bits per heavy atom. The van der Waals surface area contributed by atoms with E-state index in [9.17, 15) is 23.4 Å². The molecule has 0 saturated carbocycles. The molecule has 1 heterocycles. The summed E-state index contributed by atoms with van der Waals surface area (Å²) >= 11 is 0. The summed E-state index contributed by atoms with van der Waals surface area (Å²) in [4.78, 5) is 11.7. The standard InChI is InChI=1S/C15H29NO8S/c1-10(17)8-12(18)13-9-11(23-15(2,3)24-13)4-5-14(19)16-6-7-25(20,21)22/h10-13,17-18H,4-9H2,1-3H3,(H,16,19)(H,20,21,22)/t10?,11-,12?,13-/m0/s1. The van der Waals surface area contributed by atoms with Gasteiger partial charge in [0.25, 0.3) is 10.1 Å². The quantitative estimate of drug-likeness (QED) is 0.401. The Bertz CT molecular complexity index is 534. The summed E-state index contributed by atoms with van der Waals surface area (Å²) in [5.74, 6) is -1.81. The normalized spacial score (nSPS) is 26.0. The maximum Gasteiger partial charge on any atom is 0.266 e. The lowest BCUT2D eigenvalue weighted by atomic mass is 9.97. The van der Waals surface area contributed by atoms with E-state index in [0.717, 1.165) is 0 Å². The van der Waals surface area contributed by atoms with E-state index in [1.54, 1.807) is 20.8 Å². The van der Waals surface area contributed by atoms with Gasteiger partial charge >= 0.3 is 0 Å². The van der Waals surface area contributed by atoms with Gasteiger partial charge in [-0.1, -0.05) is 0 Å². The highest BCUT2D eigenvalue weighted by atomic mass is 32.2. The first kappa shape index (κ1) is 22.3.